The van der Waals surface area contributed by atoms with E-state index in [-0.39, 0.29) is 6.10 Å². The molecule has 0 spiro atoms. The molecule has 1 aromatic heterocycles. The molecule has 1 aromatic rings. The van der Waals surface area contributed by atoms with Crippen LogP contribution in [0.4, 0.5) is 0 Å². The highest BCUT2D eigenvalue weighted by atomic mass is 35.5. The van der Waals surface area contributed by atoms with Crippen LogP contribution in [0.2, 0.25) is 5.15 Å². The number of hydrogen-bond acceptors (Lipinski definition) is 4. The first-order valence-electron chi connectivity index (χ1n) is 3.41. The predicted octanol–water partition coefficient (Wildman–Crippen LogP) is 2.36. The monoisotopic (exact) mass is 205 g/mol. The fourth-order valence-electron chi connectivity index (χ4n) is 0.612. The number of nitrogens with zero attached hydrogens (tertiary/aromatic N) is 1. The topological polar surface area (TPSA) is 39.2 Å². The van der Waals surface area contributed by atoms with E-state index in [0.717, 1.165) is 0 Å². The number of hydrogen-bond donors (Lipinski definition) is 0. The van der Waals surface area contributed by atoms with E-state index in [0.29, 0.717) is 10.2 Å². The molecule has 0 fully saturated rings. The maximum atomic E-state index is 11.1. The van der Waals surface area contributed by atoms with E-state index in [1.165, 1.54) is 11.3 Å². The van der Waals surface area contributed by atoms with Gasteiger partial charge in [0.15, 0.2) is 0 Å². The van der Waals surface area contributed by atoms with Crippen LogP contribution in [0.1, 0.15) is 23.6 Å². The molecule has 0 saturated heterocycles. The molecule has 0 aliphatic heterocycles. The number of thiazole rings is 1. The van der Waals surface area contributed by atoms with Crippen molar-refractivity contribution < 1.29 is 9.53 Å². The molecule has 0 amide bonds. The second-order valence-corrected chi connectivity index (χ2v) is 3.67. The van der Waals surface area contributed by atoms with Crippen molar-refractivity contribution in [2.24, 2.45) is 0 Å². The molecular formula is C7H8ClNO2S. The van der Waals surface area contributed by atoms with Gasteiger partial charge in [0.2, 0.25) is 5.01 Å². The highest BCUT2D eigenvalue weighted by molar-refractivity contribution is 7.12. The highest BCUT2D eigenvalue weighted by Crippen LogP contribution is 2.15. The van der Waals surface area contributed by atoms with E-state index < -0.39 is 5.97 Å². The lowest BCUT2D eigenvalue weighted by Gasteiger charge is -2.04. The molecule has 1 heterocycles. The summed E-state index contributed by atoms with van der Waals surface area (Å²) in [5.74, 6) is -0.415. The van der Waals surface area contributed by atoms with Gasteiger partial charge in [-0.3, -0.25) is 0 Å². The molecule has 0 unspecified atom stereocenters. The van der Waals surface area contributed by atoms with E-state index in [9.17, 15) is 4.79 Å². The van der Waals surface area contributed by atoms with Crippen LogP contribution in [0.5, 0.6) is 0 Å². The fourth-order valence-corrected chi connectivity index (χ4v) is 1.44. The first-order chi connectivity index (χ1) is 5.59. The predicted molar refractivity (Wildman–Crippen MR) is 47.7 cm³/mol. The van der Waals surface area contributed by atoms with Crippen LogP contribution in [-0.2, 0) is 4.74 Å². The molecule has 5 heteroatoms. The Bertz CT molecular complexity index is 285. The number of ether oxygens (including phenoxy) is 1. The second kappa shape index (κ2) is 3.87. The average Bonchev–Trinajstić information content (AvgIpc) is 2.34. The second-order valence-electron chi connectivity index (χ2n) is 2.43. The lowest BCUT2D eigenvalue weighted by molar-refractivity contribution is 0.0377. The Morgan fingerprint density at radius 3 is 2.83 bits per heavy atom. The van der Waals surface area contributed by atoms with Gasteiger partial charge in [-0.25, -0.2) is 9.78 Å². The zero-order chi connectivity index (χ0) is 9.14. The zero-order valence-corrected chi connectivity index (χ0v) is 8.28. The van der Waals surface area contributed by atoms with Crippen molar-refractivity contribution in [2.45, 2.75) is 20.0 Å². The van der Waals surface area contributed by atoms with Crippen molar-refractivity contribution in [2.75, 3.05) is 0 Å². The minimum absolute atomic E-state index is 0.125. The van der Waals surface area contributed by atoms with Gasteiger partial charge in [0.05, 0.1) is 6.10 Å². The summed E-state index contributed by atoms with van der Waals surface area (Å²) in [4.78, 5) is 14.9. The van der Waals surface area contributed by atoms with Gasteiger partial charge in [0.25, 0.3) is 0 Å². The molecule has 1 rings (SSSR count). The lowest BCUT2D eigenvalue weighted by Crippen LogP contribution is -2.11. The summed E-state index contributed by atoms with van der Waals surface area (Å²) in [6.07, 6.45) is -0.125. The van der Waals surface area contributed by atoms with Crippen LogP contribution in [-0.4, -0.2) is 17.1 Å². The zero-order valence-electron chi connectivity index (χ0n) is 6.70. The Balaban J connectivity index is 2.65. The van der Waals surface area contributed by atoms with Gasteiger partial charge in [-0.15, -0.1) is 11.3 Å². The molecule has 0 aliphatic rings. The van der Waals surface area contributed by atoms with Gasteiger partial charge in [0.1, 0.15) is 5.15 Å². The van der Waals surface area contributed by atoms with Crippen LogP contribution < -0.4 is 0 Å². The summed E-state index contributed by atoms with van der Waals surface area (Å²) in [7, 11) is 0. The van der Waals surface area contributed by atoms with E-state index in [4.69, 9.17) is 16.3 Å². The molecular weight excluding hydrogens is 198 g/mol. The molecule has 12 heavy (non-hydrogen) atoms. The third-order valence-electron chi connectivity index (χ3n) is 0.994. The van der Waals surface area contributed by atoms with Gasteiger partial charge in [-0.1, -0.05) is 11.6 Å². The number of carbonyl (C=O) groups excluding carboxylic acids is 1. The summed E-state index contributed by atoms with van der Waals surface area (Å²) in [5, 5.41) is 2.22. The standard InChI is InChI=1S/C7H8ClNO2S/c1-4(2)11-7(10)6-9-5(8)3-12-6/h3-4H,1-2H3. The molecule has 0 saturated carbocycles. The Labute approximate surface area is 79.3 Å². The van der Waals surface area contributed by atoms with E-state index >= 15 is 0 Å². The Kier molecular flexibility index (Phi) is 3.05. The Hall–Kier alpha value is -0.610. The minimum Gasteiger partial charge on any atom is -0.458 e. The number of rotatable bonds is 2. The van der Waals surface area contributed by atoms with E-state index in [2.05, 4.69) is 4.98 Å². The summed E-state index contributed by atoms with van der Waals surface area (Å²) in [6.45, 7) is 3.57. The van der Waals surface area contributed by atoms with Crippen LogP contribution in [0.15, 0.2) is 5.38 Å². The largest absolute Gasteiger partial charge is 0.458 e. The van der Waals surface area contributed by atoms with Crippen molar-refractivity contribution in [3.05, 3.63) is 15.5 Å². The minimum atomic E-state index is -0.415. The Morgan fingerprint density at radius 1 is 1.75 bits per heavy atom. The van der Waals surface area contributed by atoms with E-state index in [1.807, 2.05) is 0 Å². The molecule has 3 nitrogen and oxygen atoms in total. The highest BCUT2D eigenvalue weighted by Gasteiger charge is 2.12. The molecule has 0 atom stereocenters. The summed E-state index contributed by atoms with van der Waals surface area (Å²) >= 11 is 6.71. The molecule has 0 N–H and O–H groups in total. The average molecular weight is 206 g/mol. The SMILES string of the molecule is CC(C)OC(=O)c1nc(Cl)cs1. The van der Waals surface area contributed by atoms with Crippen molar-refractivity contribution in [1.82, 2.24) is 4.98 Å². The quantitative estimate of drug-likeness (QED) is 0.696. The number of halogens is 1. The van der Waals surface area contributed by atoms with Gasteiger partial charge >= 0.3 is 5.97 Å². The van der Waals surface area contributed by atoms with Crippen molar-refractivity contribution in [3.8, 4) is 0 Å². The van der Waals surface area contributed by atoms with Crippen LogP contribution in [0.25, 0.3) is 0 Å². The van der Waals surface area contributed by atoms with Crippen molar-refractivity contribution >= 4 is 28.9 Å². The van der Waals surface area contributed by atoms with Crippen molar-refractivity contribution in [3.63, 3.8) is 0 Å². The van der Waals surface area contributed by atoms with Crippen LogP contribution >= 0.6 is 22.9 Å². The van der Waals surface area contributed by atoms with E-state index in [1.54, 1.807) is 19.2 Å². The molecule has 0 aliphatic carbocycles. The number of esters is 1. The van der Waals surface area contributed by atoms with Gasteiger partial charge in [-0.2, -0.15) is 0 Å². The van der Waals surface area contributed by atoms with Gasteiger partial charge < -0.3 is 4.74 Å². The lowest BCUT2D eigenvalue weighted by atomic mass is 10.5. The van der Waals surface area contributed by atoms with Crippen LogP contribution in [0.3, 0.4) is 0 Å². The summed E-state index contributed by atoms with van der Waals surface area (Å²) in [6, 6.07) is 0. The van der Waals surface area contributed by atoms with Gasteiger partial charge in [0, 0.05) is 5.38 Å². The smallest absolute Gasteiger partial charge is 0.367 e. The molecule has 0 bridgehead atoms. The Morgan fingerprint density at radius 2 is 2.42 bits per heavy atom. The molecule has 66 valence electrons. The summed E-state index contributed by atoms with van der Waals surface area (Å²) < 4.78 is 4.90. The maximum Gasteiger partial charge on any atom is 0.367 e. The number of aromatic nitrogens is 1. The van der Waals surface area contributed by atoms with Gasteiger partial charge in [-0.05, 0) is 13.8 Å². The fraction of sp³-hybridized carbons (Fsp3) is 0.429. The first kappa shape index (κ1) is 9.48. The normalized spacial score (nSPS) is 10.3. The maximum absolute atomic E-state index is 11.1. The third kappa shape index (κ3) is 2.46. The molecule has 0 aromatic carbocycles. The molecule has 0 radical (unpaired) electrons. The van der Waals surface area contributed by atoms with Crippen LogP contribution in [0, 0.1) is 0 Å². The van der Waals surface area contributed by atoms with Crippen molar-refractivity contribution in [1.29, 1.82) is 0 Å². The third-order valence-corrected chi connectivity index (χ3v) is 2.14. The number of carbonyl (C=O) groups is 1. The first-order valence-corrected chi connectivity index (χ1v) is 4.67. The summed E-state index contributed by atoms with van der Waals surface area (Å²) in [5.41, 5.74) is 0.